The van der Waals surface area contributed by atoms with Gasteiger partial charge in [-0.05, 0) is 11.1 Å². The zero-order valence-corrected chi connectivity index (χ0v) is 12.9. The highest BCUT2D eigenvalue weighted by Crippen LogP contribution is 2.35. The number of nitrogens with one attached hydrogen (secondary N) is 1. The van der Waals surface area contributed by atoms with Gasteiger partial charge in [0, 0.05) is 22.7 Å². The molecule has 0 aliphatic carbocycles. The van der Waals surface area contributed by atoms with E-state index in [4.69, 9.17) is 0 Å². The second-order valence-corrected chi connectivity index (χ2v) is 11.4. The van der Waals surface area contributed by atoms with Crippen molar-refractivity contribution in [3.05, 3.63) is 36.0 Å². The summed E-state index contributed by atoms with van der Waals surface area (Å²) in [6.07, 6.45) is 2.02. The zero-order chi connectivity index (χ0) is 13.4. The Bertz CT molecular complexity index is 618. The van der Waals surface area contributed by atoms with Gasteiger partial charge in [-0.25, -0.2) is 0 Å². The summed E-state index contributed by atoms with van der Waals surface area (Å²) in [6, 6.07) is 8.33. The number of H-pyrrole nitrogens is 1. The molecule has 0 unspecified atom stereocenters. The Morgan fingerprint density at radius 3 is 2.44 bits per heavy atom. The van der Waals surface area contributed by atoms with Gasteiger partial charge < -0.3 is 4.98 Å². The first-order valence-electron chi connectivity index (χ1n) is 6.40. The van der Waals surface area contributed by atoms with Gasteiger partial charge in [0.25, 0.3) is 0 Å². The molecule has 0 atom stereocenters. The molecule has 1 heterocycles. The van der Waals surface area contributed by atoms with E-state index >= 15 is 0 Å². The van der Waals surface area contributed by atoms with Gasteiger partial charge in [-0.2, -0.15) is 0 Å². The largest absolute Gasteiger partial charge is 0.360 e. The summed E-state index contributed by atoms with van der Waals surface area (Å²) < 4.78 is 0. The first kappa shape index (κ1) is 13.0. The average molecular weight is 255 g/mol. The van der Waals surface area contributed by atoms with Gasteiger partial charge in [-0.1, -0.05) is 58.0 Å². The SMILES string of the molecule is CC(C)(C)[Si](C)(C)C#Cc1c[nH]c2ccccc12. The number of aromatic amines is 1. The Morgan fingerprint density at radius 2 is 1.78 bits per heavy atom. The molecule has 0 aliphatic rings. The Hall–Kier alpha value is -1.46. The lowest BCUT2D eigenvalue weighted by molar-refractivity contribution is 0.731. The van der Waals surface area contributed by atoms with Crippen LogP contribution in [0.1, 0.15) is 26.3 Å². The number of hydrogen-bond donors (Lipinski definition) is 1. The fourth-order valence-electron chi connectivity index (χ4n) is 1.59. The third-order valence-corrected chi connectivity index (χ3v) is 8.47. The van der Waals surface area contributed by atoms with Crippen LogP contribution < -0.4 is 0 Å². The molecule has 0 amide bonds. The quantitative estimate of drug-likeness (QED) is 0.524. The second kappa shape index (κ2) is 4.33. The van der Waals surface area contributed by atoms with Crippen LogP contribution in [0.25, 0.3) is 10.9 Å². The highest BCUT2D eigenvalue weighted by Gasteiger charge is 2.33. The second-order valence-electron chi connectivity index (χ2n) is 6.37. The highest BCUT2D eigenvalue weighted by molar-refractivity contribution is 6.87. The van der Waals surface area contributed by atoms with E-state index in [1.54, 1.807) is 0 Å². The number of benzene rings is 1. The van der Waals surface area contributed by atoms with Gasteiger partial charge in [0.15, 0.2) is 0 Å². The minimum Gasteiger partial charge on any atom is -0.360 e. The zero-order valence-electron chi connectivity index (χ0n) is 11.9. The lowest BCUT2D eigenvalue weighted by Gasteiger charge is -2.31. The van der Waals surface area contributed by atoms with Crippen molar-refractivity contribution in [2.45, 2.75) is 38.9 Å². The molecular formula is C16H21NSi. The van der Waals surface area contributed by atoms with Crippen molar-refractivity contribution in [3.8, 4) is 11.5 Å². The highest BCUT2D eigenvalue weighted by atomic mass is 28.3. The maximum absolute atomic E-state index is 3.56. The van der Waals surface area contributed by atoms with Crippen molar-refractivity contribution in [2.24, 2.45) is 0 Å². The predicted octanol–water partition coefficient (Wildman–Crippen LogP) is 4.57. The molecule has 0 aliphatic heterocycles. The molecule has 0 saturated carbocycles. The van der Waals surface area contributed by atoms with Crippen LogP contribution in [0.2, 0.25) is 18.1 Å². The van der Waals surface area contributed by atoms with E-state index in [0.717, 1.165) is 11.1 Å². The molecule has 18 heavy (non-hydrogen) atoms. The number of hydrogen-bond acceptors (Lipinski definition) is 0. The van der Waals surface area contributed by atoms with Crippen LogP contribution in [0, 0.1) is 11.5 Å². The van der Waals surface area contributed by atoms with Crippen LogP contribution in [0.4, 0.5) is 0 Å². The normalized spacial score (nSPS) is 12.3. The van der Waals surface area contributed by atoms with Gasteiger partial charge in [0.2, 0.25) is 0 Å². The first-order chi connectivity index (χ1) is 8.31. The molecule has 0 bridgehead atoms. The minimum atomic E-state index is -1.52. The molecule has 0 saturated heterocycles. The van der Waals surface area contributed by atoms with Gasteiger partial charge in [0.05, 0.1) is 0 Å². The van der Waals surface area contributed by atoms with E-state index in [2.05, 4.69) is 68.5 Å². The summed E-state index contributed by atoms with van der Waals surface area (Å²) in [5.74, 6) is 3.39. The van der Waals surface area contributed by atoms with Crippen LogP contribution in [0.3, 0.4) is 0 Å². The van der Waals surface area contributed by atoms with E-state index in [1.807, 2.05) is 12.3 Å². The monoisotopic (exact) mass is 255 g/mol. The maximum atomic E-state index is 3.56. The fourth-order valence-corrected chi connectivity index (χ4v) is 2.41. The molecule has 0 fully saturated rings. The van der Waals surface area contributed by atoms with Crippen molar-refractivity contribution < 1.29 is 0 Å². The van der Waals surface area contributed by atoms with Crippen LogP contribution in [0.5, 0.6) is 0 Å². The van der Waals surface area contributed by atoms with Crippen LogP contribution >= 0.6 is 0 Å². The molecule has 1 aromatic carbocycles. The average Bonchev–Trinajstić information content (AvgIpc) is 2.68. The Kier molecular flexibility index (Phi) is 3.12. The van der Waals surface area contributed by atoms with Gasteiger partial charge in [-0.15, -0.1) is 5.54 Å². The number of aromatic nitrogens is 1. The predicted molar refractivity (Wildman–Crippen MR) is 82.4 cm³/mol. The number of para-hydroxylation sites is 1. The molecule has 0 radical (unpaired) electrons. The van der Waals surface area contributed by atoms with Crippen LogP contribution in [-0.2, 0) is 0 Å². The molecule has 2 heteroatoms. The molecule has 2 rings (SSSR count). The first-order valence-corrected chi connectivity index (χ1v) is 9.40. The van der Waals surface area contributed by atoms with E-state index in [0.29, 0.717) is 5.04 Å². The lowest BCUT2D eigenvalue weighted by atomic mass is 10.2. The van der Waals surface area contributed by atoms with Crippen molar-refractivity contribution in [1.29, 1.82) is 0 Å². The Morgan fingerprint density at radius 1 is 1.11 bits per heavy atom. The van der Waals surface area contributed by atoms with E-state index in [1.165, 1.54) is 5.39 Å². The third-order valence-electron chi connectivity index (χ3n) is 3.97. The molecule has 2 aromatic rings. The molecule has 94 valence electrons. The summed E-state index contributed by atoms with van der Waals surface area (Å²) in [5, 5.41) is 1.54. The number of fused-ring (bicyclic) bond motifs is 1. The Labute approximate surface area is 111 Å². The molecule has 0 spiro atoms. The van der Waals surface area contributed by atoms with Crippen molar-refractivity contribution in [1.82, 2.24) is 4.98 Å². The van der Waals surface area contributed by atoms with Gasteiger partial charge in [-0.3, -0.25) is 0 Å². The van der Waals surface area contributed by atoms with Gasteiger partial charge >= 0.3 is 0 Å². The van der Waals surface area contributed by atoms with E-state index in [9.17, 15) is 0 Å². The fraction of sp³-hybridized carbons (Fsp3) is 0.375. The van der Waals surface area contributed by atoms with Crippen LogP contribution in [-0.4, -0.2) is 13.1 Å². The summed E-state index contributed by atoms with van der Waals surface area (Å²) in [5.41, 5.74) is 5.85. The molecular weight excluding hydrogens is 234 g/mol. The molecule has 1 nitrogen and oxygen atoms in total. The minimum absolute atomic E-state index is 0.312. The summed E-state index contributed by atoms with van der Waals surface area (Å²) in [6.45, 7) is 11.6. The van der Waals surface area contributed by atoms with Crippen molar-refractivity contribution in [2.75, 3.05) is 0 Å². The number of rotatable bonds is 0. The van der Waals surface area contributed by atoms with Crippen LogP contribution in [0.15, 0.2) is 30.5 Å². The van der Waals surface area contributed by atoms with E-state index < -0.39 is 8.07 Å². The Balaban J connectivity index is 2.42. The summed E-state index contributed by atoms with van der Waals surface area (Å²) in [4.78, 5) is 3.28. The third kappa shape index (κ3) is 2.37. The van der Waals surface area contributed by atoms with Crippen molar-refractivity contribution >= 4 is 19.0 Å². The van der Waals surface area contributed by atoms with Crippen molar-refractivity contribution in [3.63, 3.8) is 0 Å². The smallest absolute Gasteiger partial charge is 0.138 e. The summed E-state index contributed by atoms with van der Waals surface area (Å²) >= 11 is 0. The topological polar surface area (TPSA) is 15.8 Å². The van der Waals surface area contributed by atoms with E-state index in [-0.39, 0.29) is 0 Å². The lowest BCUT2D eigenvalue weighted by Crippen LogP contribution is -2.35. The molecule has 1 aromatic heterocycles. The standard InChI is InChI=1S/C16H21NSi/c1-16(2,3)18(4,5)11-10-13-12-17-15-9-7-6-8-14(13)15/h6-9,12,17H,1-5H3. The summed E-state index contributed by atoms with van der Waals surface area (Å²) in [7, 11) is -1.52. The van der Waals surface area contributed by atoms with Gasteiger partial charge in [0.1, 0.15) is 8.07 Å². The maximum Gasteiger partial charge on any atom is 0.138 e. The molecule has 1 N–H and O–H groups in total.